The standard InChI is InChI=1S/C11H9N5S/c1-17-10-8(5-12)9(15-11(13)16-10)7-3-2-4-14-6-7/h2-4,6H,1H3,(H2,13,15,16). The van der Waals surface area contributed by atoms with E-state index in [1.54, 1.807) is 18.5 Å². The van der Waals surface area contributed by atoms with Crippen molar-refractivity contribution in [3.8, 4) is 17.3 Å². The fourth-order valence-electron chi connectivity index (χ4n) is 1.42. The molecule has 0 atom stereocenters. The van der Waals surface area contributed by atoms with Crippen molar-refractivity contribution >= 4 is 17.7 Å². The Hall–Kier alpha value is -2.13. The maximum atomic E-state index is 9.18. The molecule has 0 aliphatic rings. The number of pyridine rings is 1. The first-order valence-electron chi connectivity index (χ1n) is 4.78. The number of hydrogen-bond acceptors (Lipinski definition) is 6. The molecule has 0 bridgehead atoms. The first kappa shape index (κ1) is 11.4. The molecule has 0 amide bonds. The minimum atomic E-state index is 0.159. The number of nitrogens with two attached hydrogens (primary N) is 1. The SMILES string of the molecule is CSc1nc(N)nc(-c2cccnc2)c1C#N. The molecule has 0 saturated heterocycles. The summed E-state index contributed by atoms with van der Waals surface area (Å²) in [6, 6.07) is 5.73. The van der Waals surface area contributed by atoms with Gasteiger partial charge in [-0.15, -0.1) is 11.8 Å². The average molecular weight is 243 g/mol. The molecule has 0 radical (unpaired) electrons. The summed E-state index contributed by atoms with van der Waals surface area (Å²) >= 11 is 1.37. The number of nitrogens with zero attached hydrogens (tertiary/aromatic N) is 4. The summed E-state index contributed by atoms with van der Waals surface area (Å²) in [4.78, 5) is 12.2. The lowest BCUT2D eigenvalue weighted by Gasteiger charge is -2.06. The molecule has 0 spiro atoms. The van der Waals surface area contributed by atoms with Gasteiger partial charge in [0.25, 0.3) is 0 Å². The van der Waals surface area contributed by atoms with Gasteiger partial charge in [-0.1, -0.05) is 0 Å². The summed E-state index contributed by atoms with van der Waals surface area (Å²) in [5.74, 6) is 0.159. The predicted octanol–water partition coefficient (Wildman–Crippen LogP) is 1.71. The molecule has 0 aliphatic heterocycles. The molecular formula is C11H9N5S. The van der Waals surface area contributed by atoms with Crippen molar-refractivity contribution in [1.82, 2.24) is 15.0 Å². The molecule has 2 N–H and O–H groups in total. The van der Waals surface area contributed by atoms with E-state index in [-0.39, 0.29) is 5.95 Å². The fraction of sp³-hybridized carbons (Fsp3) is 0.0909. The van der Waals surface area contributed by atoms with Gasteiger partial charge in [0, 0.05) is 18.0 Å². The minimum absolute atomic E-state index is 0.159. The van der Waals surface area contributed by atoms with E-state index in [1.807, 2.05) is 12.3 Å². The van der Waals surface area contributed by atoms with E-state index >= 15 is 0 Å². The van der Waals surface area contributed by atoms with Crippen molar-refractivity contribution in [2.24, 2.45) is 0 Å². The summed E-state index contributed by atoms with van der Waals surface area (Å²) in [5, 5.41) is 9.76. The monoisotopic (exact) mass is 243 g/mol. The number of rotatable bonds is 2. The second kappa shape index (κ2) is 4.80. The minimum Gasteiger partial charge on any atom is -0.368 e. The number of aromatic nitrogens is 3. The Labute approximate surface area is 103 Å². The largest absolute Gasteiger partial charge is 0.368 e. The first-order chi connectivity index (χ1) is 8.26. The zero-order chi connectivity index (χ0) is 12.3. The molecule has 2 aromatic heterocycles. The summed E-state index contributed by atoms with van der Waals surface area (Å²) in [6.45, 7) is 0. The number of thioether (sulfide) groups is 1. The number of hydrogen-bond donors (Lipinski definition) is 1. The van der Waals surface area contributed by atoms with Crippen LogP contribution in [0, 0.1) is 11.3 Å². The van der Waals surface area contributed by atoms with Crippen LogP contribution in [0.3, 0.4) is 0 Å². The zero-order valence-electron chi connectivity index (χ0n) is 9.08. The van der Waals surface area contributed by atoms with Gasteiger partial charge in [0.1, 0.15) is 16.7 Å². The molecule has 0 fully saturated rings. The lowest BCUT2D eigenvalue weighted by Crippen LogP contribution is -2.02. The molecule has 2 aromatic rings. The van der Waals surface area contributed by atoms with E-state index < -0.39 is 0 Å². The van der Waals surface area contributed by atoms with E-state index in [9.17, 15) is 5.26 Å². The van der Waals surface area contributed by atoms with E-state index in [4.69, 9.17) is 5.73 Å². The van der Waals surface area contributed by atoms with Gasteiger partial charge < -0.3 is 5.73 Å². The Bertz CT molecular complexity index is 576. The fourth-order valence-corrected chi connectivity index (χ4v) is 1.95. The van der Waals surface area contributed by atoms with Crippen LogP contribution in [0.1, 0.15) is 5.56 Å². The normalized spacial score (nSPS) is 9.88. The molecule has 0 saturated carbocycles. The second-order valence-corrected chi connectivity index (χ2v) is 3.96. The van der Waals surface area contributed by atoms with E-state index in [2.05, 4.69) is 21.0 Å². The van der Waals surface area contributed by atoms with Gasteiger partial charge in [-0.05, 0) is 18.4 Å². The van der Waals surface area contributed by atoms with Crippen LogP contribution >= 0.6 is 11.8 Å². The third kappa shape index (κ3) is 2.19. The third-order valence-electron chi connectivity index (χ3n) is 2.13. The van der Waals surface area contributed by atoms with Crippen LogP contribution in [-0.4, -0.2) is 21.2 Å². The smallest absolute Gasteiger partial charge is 0.221 e. The molecule has 84 valence electrons. The molecular weight excluding hydrogens is 234 g/mol. The van der Waals surface area contributed by atoms with Crippen LogP contribution in [0.5, 0.6) is 0 Å². The molecule has 17 heavy (non-hydrogen) atoms. The summed E-state index contributed by atoms with van der Waals surface area (Å²) in [5.41, 5.74) is 7.34. The van der Waals surface area contributed by atoms with Crippen molar-refractivity contribution < 1.29 is 0 Å². The maximum Gasteiger partial charge on any atom is 0.221 e. The van der Waals surface area contributed by atoms with E-state index in [0.717, 1.165) is 5.56 Å². The Balaban J connectivity index is 2.70. The number of nitriles is 1. The molecule has 6 heteroatoms. The first-order valence-corrected chi connectivity index (χ1v) is 6.00. The highest BCUT2D eigenvalue weighted by Gasteiger charge is 2.14. The zero-order valence-corrected chi connectivity index (χ0v) is 9.90. The molecule has 5 nitrogen and oxygen atoms in total. The van der Waals surface area contributed by atoms with Crippen LogP contribution in [0.4, 0.5) is 5.95 Å². The van der Waals surface area contributed by atoms with Crippen LogP contribution in [0.2, 0.25) is 0 Å². The van der Waals surface area contributed by atoms with Gasteiger partial charge >= 0.3 is 0 Å². The van der Waals surface area contributed by atoms with Crippen molar-refractivity contribution in [2.45, 2.75) is 5.03 Å². The van der Waals surface area contributed by atoms with Crippen LogP contribution < -0.4 is 5.73 Å². The highest BCUT2D eigenvalue weighted by atomic mass is 32.2. The Morgan fingerprint density at radius 3 is 2.82 bits per heavy atom. The van der Waals surface area contributed by atoms with Gasteiger partial charge in [-0.2, -0.15) is 5.26 Å². The maximum absolute atomic E-state index is 9.18. The van der Waals surface area contributed by atoms with Crippen molar-refractivity contribution in [3.63, 3.8) is 0 Å². The summed E-state index contributed by atoms with van der Waals surface area (Å²) in [6.07, 6.45) is 5.15. The molecule has 2 heterocycles. The molecule has 0 unspecified atom stereocenters. The topological polar surface area (TPSA) is 88.5 Å². The second-order valence-electron chi connectivity index (χ2n) is 3.17. The Morgan fingerprint density at radius 2 is 2.24 bits per heavy atom. The number of anilines is 1. The lowest BCUT2D eigenvalue weighted by atomic mass is 10.1. The van der Waals surface area contributed by atoms with E-state index in [1.165, 1.54) is 11.8 Å². The average Bonchev–Trinajstić information content (AvgIpc) is 2.38. The Kier molecular flexibility index (Phi) is 3.21. The van der Waals surface area contributed by atoms with Crippen molar-refractivity contribution in [3.05, 3.63) is 30.1 Å². The van der Waals surface area contributed by atoms with Gasteiger partial charge in [0.15, 0.2) is 0 Å². The Morgan fingerprint density at radius 1 is 1.41 bits per heavy atom. The molecule has 0 aromatic carbocycles. The van der Waals surface area contributed by atoms with Crippen molar-refractivity contribution in [1.29, 1.82) is 5.26 Å². The van der Waals surface area contributed by atoms with Gasteiger partial charge in [-0.3, -0.25) is 4.98 Å². The highest BCUT2D eigenvalue weighted by molar-refractivity contribution is 7.98. The third-order valence-corrected chi connectivity index (χ3v) is 2.82. The van der Waals surface area contributed by atoms with Gasteiger partial charge in [-0.25, -0.2) is 9.97 Å². The summed E-state index contributed by atoms with van der Waals surface area (Å²) < 4.78 is 0. The molecule has 0 aliphatic carbocycles. The van der Waals surface area contributed by atoms with Gasteiger partial charge in [0.05, 0.1) is 5.69 Å². The number of nitrogen functional groups attached to an aromatic ring is 1. The highest BCUT2D eigenvalue weighted by Crippen LogP contribution is 2.27. The predicted molar refractivity (Wildman–Crippen MR) is 66.2 cm³/mol. The molecule has 2 rings (SSSR count). The van der Waals surface area contributed by atoms with Crippen LogP contribution in [-0.2, 0) is 0 Å². The van der Waals surface area contributed by atoms with Crippen molar-refractivity contribution in [2.75, 3.05) is 12.0 Å². The quantitative estimate of drug-likeness (QED) is 0.638. The van der Waals surface area contributed by atoms with Crippen LogP contribution in [0.25, 0.3) is 11.3 Å². The lowest BCUT2D eigenvalue weighted by molar-refractivity contribution is 1.05. The van der Waals surface area contributed by atoms with Crippen LogP contribution in [0.15, 0.2) is 29.6 Å². The summed E-state index contributed by atoms with van der Waals surface area (Å²) in [7, 11) is 0. The van der Waals surface area contributed by atoms with Gasteiger partial charge in [0.2, 0.25) is 5.95 Å². The van der Waals surface area contributed by atoms with E-state index in [0.29, 0.717) is 16.3 Å².